The predicted molar refractivity (Wildman–Crippen MR) is 81.7 cm³/mol. The Hall–Kier alpha value is -1.07. The number of ether oxygens (including phenoxy) is 1. The first-order valence-electron chi connectivity index (χ1n) is 6.93. The Bertz CT molecular complexity index is 545. The minimum atomic E-state index is -3.49. The van der Waals surface area contributed by atoms with E-state index < -0.39 is 15.6 Å². The van der Waals surface area contributed by atoms with E-state index in [0.717, 1.165) is 24.2 Å². The van der Waals surface area contributed by atoms with Gasteiger partial charge >= 0.3 is 0 Å². The summed E-state index contributed by atoms with van der Waals surface area (Å²) >= 11 is 0. The molecule has 0 heterocycles. The Labute approximate surface area is 122 Å². The molecule has 20 heavy (non-hydrogen) atoms. The van der Waals surface area contributed by atoms with E-state index in [-0.39, 0.29) is 4.90 Å². The van der Waals surface area contributed by atoms with E-state index in [9.17, 15) is 8.42 Å². The van der Waals surface area contributed by atoms with Crippen LogP contribution in [0.15, 0.2) is 23.1 Å². The highest BCUT2D eigenvalue weighted by molar-refractivity contribution is 7.89. The third kappa shape index (κ3) is 5.13. The standard InChI is InChI=1S/C15H25NO3S/c1-6-7-10-19-14-9-8-13(11-12(14)2)20(17,18)16-15(3,4)5/h8-9,11,16H,6-7,10H2,1-5H3. The summed E-state index contributed by atoms with van der Waals surface area (Å²) in [6.45, 7) is 10.1. The van der Waals surface area contributed by atoms with Gasteiger partial charge in [-0.3, -0.25) is 0 Å². The number of rotatable bonds is 6. The smallest absolute Gasteiger partial charge is 0.241 e. The Morgan fingerprint density at radius 2 is 1.90 bits per heavy atom. The van der Waals surface area contributed by atoms with E-state index in [0.29, 0.717) is 6.61 Å². The van der Waals surface area contributed by atoms with Crippen LogP contribution in [0.1, 0.15) is 46.1 Å². The van der Waals surface area contributed by atoms with Gasteiger partial charge in [-0.1, -0.05) is 13.3 Å². The fraction of sp³-hybridized carbons (Fsp3) is 0.600. The maximum atomic E-state index is 12.2. The molecular weight excluding hydrogens is 274 g/mol. The van der Waals surface area contributed by atoms with Crippen LogP contribution in [0, 0.1) is 6.92 Å². The van der Waals surface area contributed by atoms with E-state index in [4.69, 9.17) is 4.74 Å². The fourth-order valence-corrected chi connectivity index (χ4v) is 3.24. The molecule has 5 heteroatoms. The fourth-order valence-electron chi connectivity index (χ4n) is 1.74. The summed E-state index contributed by atoms with van der Waals surface area (Å²) in [5.74, 6) is 0.744. The van der Waals surface area contributed by atoms with Gasteiger partial charge in [0.1, 0.15) is 5.75 Å². The molecule has 0 spiro atoms. The van der Waals surface area contributed by atoms with Crippen molar-refractivity contribution >= 4 is 10.0 Å². The second-order valence-electron chi connectivity index (χ2n) is 5.98. The maximum absolute atomic E-state index is 12.2. The molecule has 0 aliphatic heterocycles. The molecule has 0 aliphatic carbocycles. The van der Waals surface area contributed by atoms with Gasteiger partial charge < -0.3 is 4.74 Å². The quantitative estimate of drug-likeness (QED) is 0.820. The second-order valence-corrected chi connectivity index (χ2v) is 7.67. The minimum Gasteiger partial charge on any atom is -0.493 e. The highest BCUT2D eigenvalue weighted by atomic mass is 32.2. The molecule has 1 N–H and O–H groups in total. The van der Waals surface area contributed by atoms with Crippen LogP contribution < -0.4 is 9.46 Å². The number of sulfonamides is 1. The van der Waals surface area contributed by atoms with E-state index in [1.165, 1.54) is 0 Å². The lowest BCUT2D eigenvalue weighted by Crippen LogP contribution is -2.40. The lowest BCUT2D eigenvalue weighted by molar-refractivity contribution is 0.307. The zero-order valence-electron chi connectivity index (χ0n) is 13.0. The molecule has 4 nitrogen and oxygen atoms in total. The molecule has 1 aromatic carbocycles. The molecule has 0 fully saturated rings. The Morgan fingerprint density at radius 3 is 2.40 bits per heavy atom. The number of aryl methyl sites for hydroxylation is 1. The van der Waals surface area contributed by atoms with E-state index >= 15 is 0 Å². The van der Waals surface area contributed by atoms with E-state index in [2.05, 4.69) is 11.6 Å². The maximum Gasteiger partial charge on any atom is 0.241 e. The summed E-state index contributed by atoms with van der Waals surface area (Å²) in [6, 6.07) is 4.96. The van der Waals surface area contributed by atoms with Crippen molar-refractivity contribution in [3.63, 3.8) is 0 Å². The zero-order chi connectivity index (χ0) is 15.4. The van der Waals surface area contributed by atoms with Crippen molar-refractivity contribution in [2.75, 3.05) is 6.61 Å². The van der Waals surface area contributed by atoms with Crippen molar-refractivity contribution in [2.24, 2.45) is 0 Å². The first-order chi connectivity index (χ1) is 9.15. The lowest BCUT2D eigenvalue weighted by atomic mass is 10.1. The molecule has 0 amide bonds. The Kier molecular flexibility index (Phi) is 5.59. The number of nitrogens with one attached hydrogen (secondary N) is 1. The van der Waals surface area contributed by atoms with Crippen molar-refractivity contribution in [2.45, 2.75) is 57.9 Å². The monoisotopic (exact) mass is 299 g/mol. The molecule has 114 valence electrons. The summed E-state index contributed by atoms with van der Waals surface area (Å²) < 4.78 is 32.7. The van der Waals surface area contributed by atoms with E-state index in [1.54, 1.807) is 18.2 Å². The Morgan fingerprint density at radius 1 is 1.25 bits per heavy atom. The molecule has 1 rings (SSSR count). The summed E-state index contributed by atoms with van der Waals surface area (Å²) in [4.78, 5) is 0.271. The molecule has 0 saturated carbocycles. The zero-order valence-corrected chi connectivity index (χ0v) is 13.8. The van der Waals surface area contributed by atoms with Crippen molar-refractivity contribution in [3.8, 4) is 5.75 Å². The summed E-state index contributed by atoms with van der Waals surface area (Å²) in [6.07, 6.45) is 2.06. The molecule has 0 radical (unpaired) electrons. The molecule has 0 aliphatic rings. The third-order valence-corrected chi connectivity index (χ3v) is 4.41. The van der Waals surface area contributed by atoms with Crippen LogP contribution in [0.3, 0.4) is 0 Å². The topological polar surface area (TPSA) is 55.4 Å². The lowest BCUT2D eigenvalue weighted by Gasteiger charge is -2.20. The van der Waals surface area contributed by atoms with Crippen LogP contribution in [0.5, 0.6) is 5.75 Å². The van der Waals surface area contributed by atoms with Crippen molar-refractivity contribution in [1.29, 1.82) is 0 Å². The molecule has 0 unspecified atom stereocenters. The van der Waals surface area contributed by atoms with Gasteiger partial charge in [-0.25, -0.2) is 13.1 Å². The van der Waals surface area contributed by atoms with Crippen molar-refractivity contribution in [1.82, 2.24) is 4.72 Å². The SMILES string of the molecule is CCCCOc1ccc(S(=O)(=O)NC(C)(C)C)cc1C. The van der Waals surface area contributed by atoms with Crippen LogP contribution in [-0.2, 0) is 10.0 Å². The number of unbranched alkanes of at least 4 members (excludes halogenated alkanes) is 1. The molecule has 0 bridgehead atoms. The second kappa shape index (κ2) is 6.59. The van der Waals surface area contributed by atoms with Gasteiger partial charge in [0.25, 0.3) is 0 Å². The summed E-state index contributed by atoms with van der Waals surface area (Å²) in [5.41, 5.74) is 0.334. The van der Waals surface area contributed by atoms with Gasteiger partial charge in [0.15, 0.2) is 0 Å². The average molecular weight is 299 g/mol. The molecule has 0 atom stereocenters. The third-order valence-electron chi connectivity index (χ3n) is 2.65. The summed E-state index contributed by atoms with van der Waals surface area (Å²) in [5, 5.41) is 0. The minimum absolute atomic E-state index is 0.271. The highest BCUT2D eigenvalue weighted by Crippen LogP contribution is 2.22. The van der Waals surface area contributed by atoms with Crippen LogP contribution in [0.4, 0.5) is 0 Å². The highest BCUT2D eigenvalue weighted by Gasteiger charge is 2.22. The van der Waals surface area contributed by atoms with Crippen LogP contribution in [0.2, 0.25) is 0 Å². The normalized spacial score (nSPS) is 12.4. The molecule has 1 aromatic rings. The van der Waals surface area contributed by atoms with Gasteiger partial charge in [-0.2, -0.15) is 0 Å². The van der Waals surface area contributed by atoms with Gasteiger partial charge in [-0.05, 0) is 57.9 Å². The molecule has 0 aromatic heterocycles. The number of hydrogen-bond acceptors (Lipinski definition) is 3. The van der Waals surface area contributed by atoms with Gasteiger partial charge in [-0.15, -0.1) is 0 Å². The van der Waals surface area contributed by atoms with Crippen molar-refractivity contribution in [3.05, 3.63) is 23.8 Å². The Balaban J connectivity index is 2.91. The van der Waals surface area contributed by atoms with Crippen LogP contribution in [-0.4, -0.2) is 20.6 Å². The first kappa shape index (κ1) is 17.0. The predicted octanol–water partition coefficient (Wildman–Crippen LogP) is 3.25. The molecular formula is C15H25NO3S. The van der Waals surface area contributed by atoms with Crippen LogP contribution >= 0.6 is 0 Å². The number of hydrogen-bond donors (Lipinski definition) is 1. The largest absolute Gasteiger partial charge is 0.493 e. The average Bonchev–Trinajstić information content (AvgIpc) is 2.28. The van der Waals surface area contributed by atoms with Gasteiger partial charge in [0, 0.05) is 5.54 Å². The van der Waals surface area contributed by atoms with Crippen molar-refractivity contribution < 1.29 is 13.2 Å². The molecule has 0 saturated heterocycles. The number of benzene rings is 1. The van der Waals surface area contributed by atoms with E-state index in [1.807, 2.05) is 27.7 Å². The van der Waals surface area contributed by atoms with Gasteiger partial charge in [0.05, 0.1) is 11.5 Å². The van der Waals surface area contributed by atoms with Gasteiger partial charge in [0.2, 0.25) is 10.0 Å². The van der Waals surface area contributed by atoms with Crippen LogP contribution in [0.25, 0.3) is 0 Å². The summed E-state index contributed by atoms with van der Waals surface area (Å²) in [7, 11) is -3.49. The first-order valence-corrected chi connectivity index (χ1v) is 8.41.